The third kappa shape index (κ3) is 4.89. The van der Waals surface area contributed by atoms with Gasteiger partial charge in [-0.25, -0.2) is 0 Å². The molecule has 1 amide bonds. The standard InChI is InChI=1S/C20H17ClN4O2/c1-13(26)14-6-8-16(9-7-14)23-19-11-10-18(24-25-19)20(27)22-12-15-4-2-3-5-17(15)21/h2-11H,12H2,1H3,(H,22,27)(H,23,25). The predicted octanol–water partition coefficient (Wildman–Crippen LogP) is 4.01. The summed E-state index contributed by atoms with van der Waals surface area (Å²) in [5.74, 6) is 0.168. The second-order valence-corrected chi connectivity index (χ2v) is 6.24. The van der Waals surface area contributed by atoms with Gasteiger partial charge < -0.3 is 10.6 Å². The molecule has 0 saturated heterocycles. The Morgan fingerprint density at radius 2 is 1.70 bits per heavy atom. The number of ketones is 1. The fourth-order valence-electron chi connectivity index (χ4n) is 2.36. The first-order chi connectivity index (χ1) is 13.0. The second kappa shape index (κ2) is 8.42. The molecule has 1 aromatic heterocycles. The van der Waals surface area contributed by atoms with Gasteiger partial charge in [0, 0.05) is 22.8 Å². The minimum absolute atomic E-state index is 0.00787. The van der Waals surface area contributed by atoms with Gasteiger partial charge in [-0.15, -0.1) is 10.2 Å². The van der Waals surface area contributed by atoms with E-state index < -0.39 is 0 Å². The van der Waals surface area contributed by atoms with Crippen LogP contribution in [0, 0.1) is 0 Å². The van der Waals surface area contributed by atoms with E-state index in [0.717, 1.165) is 11.3 Å². The fraction of sp³-hybridized carbons (Fsp3) is 0.100. The van der Waals surface area contributed by atoms with Crippen LogP contribution < -0.4 is 10.6 Å². The molecule has 2 N–H and O–H groups in total. The maximum atomic E-state index is 12.2. The summed E-state index contributed by atoms with van der Waals surface area (Å²) in [7, 11) is 0. The maximum absolute atomic E-state index is 12.2. The van der Waals surface area contributed by atoms with Gasteiger partial charge in [-0.1, -0.05) is 29.8 Å². The molecule has 0 aliphatic rings. The van der Waals surface area contributed by atoms with Crippen molar-refractivity contribution in [1.82, 2.24) is 15.5 Å². The Balaban J connectivity index is 1.60. The summed E-state index contributed by atoms with van der Waals surface area (Å²) in [5.41, 5.74) is 2.44. The number of halogens is 1. The number of nitrogens with one attached hydrogen (secondary N) is 2. The summed E-state index contributed by atoms with van der Waals surface area (Å²) in [5, 5.41) is 14.4. The van der Waals surface area contributed by atoms with E-state index in [-0.39, 0.29) is 17.4 Å². The molecule has 0 fully saturated rings. The van der Waals surface area contributed by atoms with Crippen molar-refractivity contribution in [1.29, 1.82) is 0 Å². The Labute approximate surface area is 161 Å². The molecule has 7 heteroatoms. The molecule has 3 rings (SSSR count). The van der Waals surface area contributed by atoms with Gasteiger partial charge in [0.15, 0.2) is 17.3 Å². The van der Waals surface area contributed by atoms with Crippen molar-refractivity contribution in [2.24, 2.45) is 0 Å². The Bertz CT molecular complexity index is 956. The molecule has 27 heavy (non-hydrogen) atoms. The molecule has 0 radical (unpaired) electrons. The quantitative estimate of drug-likeness (QED) is 0.631. The highest BCUT2D eigenvalue weighted by Crippen LogP contribution is 2.16. The van der Waals surface area contributed by atoms with Crippen LogP contribution in [0.2, 0.25) is 5.02 Å². The van der Waals surface area contributed by atoms with E-state index in [4.69, 9.17) is 11.6 Å². The van der Waals surface area contributed by atoms with E-state index in [2.05, 4.69) is 20.8 Å². The van der Waals surface area contributed by atoms with Gasteiger partial charge in [0.2, 0.25) is 0 Å². The minimum Gasteiger partial charge on any atom is -0.347 e. The highest BCUT2D eigenvalue weighted by Gasteiger charge is 2.09. The van der Waals surface area contributed by atoms with E-state index in [0.29, 0.717) is 22.9 Å². The highest BCUT2D eigenvalue weighted by atomic mass is 35.5. The zero-order chi connectivity index (χ0) is 19.2. The van der Waals surface area contributed by atoms with Crippen LogP contribution in [0.1, 0.15) is 33.3 Å². The first-order valence-electron chi connectivity index (χ1n) is 8.26. The van der Waals surface area contributed by atoms with Gasteiger partial charge in [0.05, 0.1) is 0 Å². The molecule has 0 atom stereocenters. The molecule has 1 heterocycles. The Kier molecular flexibility index (Phi) is 5.78. The number of aromatic nitrogens is 2. The van der Waals surface area contributed by atoms with E-state index in [1.165, 1.54) is 6.92 Å². The van der Waals surface area contributed by atoms with Crippen LogP contribution in [0.25, 0.3) is 0 Å². The SMILES string of the molecule is CC(=O)c1ccc(Nc2ccc(C(=O)NCc3ccccc3Cl)nn2)cc1. The molecule has 0 spiro atoms. The van der Waals surface area contributed by atoms with E-state index >= 15 is 0 Å². The number of benzene rings is 2. The molecule has 0 unspecified atom stereocenters. The summed E-state index contributed by atoms with van der Waals surface area (Å²) in [4.78, 5) is 23.5. The second-order valence-electron chi connectivity index (χ2n) is 5.84. The van der Waals surface area contributed by atoms with Crippen LogP contribution in [0.3, 0.4) is 0 Å². The molecule has 0 aliphatic carbocycles. The topological polar surface area (TPSA) is 84.0 Å². The van der Waals surface area contributed by atoms with Crippen molar-refractivity contribution in [2.75, 3.05) is 5.32 Å². The average Bonchev–Trinajstić information content (AvgIpc) is 2.68. The van der Waals surface area contributed by atoms with Crippen LogP contribution in [0.4, 0.5) is 11.5 Å². The number of Topliss-reactive ketones (excluding diaryl/α,β-unsaturated/α-hetero) is 1. The van der Waals surface area contributed by atoms with Gasteiger partial charge in [-0.2, -0.15) is 0 Å². The first kappa shape index (κ1) is 18.5. The van der Waals surface area contributed by atoms with Crippen LogP contribution in [-0.4, -0.2) is 21.9 Å². The normalized spacial score (nSPS) is 10.3. The van der Waals surface area contributed by atoms with Crippen LogP contribution in [-0.2, 0) is 6.54 Å². The first-order valence-corrected chi connectivity index (χ1v) is 8.64. The van der Waals surface area contributed by atoms with Gasteiger partial charge >= 0.3 is 0 Å². The van der Waals surface area contributed by atoms with Gasteiger partial charge in [0.1, 0.15) is 0 Å². The van der Waals surface area contributed by atoms with Crippen LogP contribution in [0.15, 0.2) is 60.7 Å². The Morgan fingerprint density at radius 3 is 2.33 bits per heavy atom. The smallest absolute Gasteiger partial charge is 0.272 e. The molecular weight excluding hydrogens is 364 g/mol. The van der Waals surface area contributed by atoms with Crippen molar-refractivity contribution in [3.63, 3.8) is 0 Å². The lowest BCUT2D eigenvalue weighted by Gasteiger charge is -2.08. The zero-order valence-electron chi connectivity index (χ0n) is 14.6. The predicted molar refractivity (Wildman–Crippen MR) is 104 cm³/mol. The van der Waals surface area contributed by atoms with Gasteiger partial charge in [-0.05, 0) is 55.0 Å². The van der Waals surface area contributed by atoms with Crippen molar-refractivity contribution in [3.05, 3.63) is 82.5 Å². The lowest BCUT2D eigenvalue weighted by Crippen LogP contribution is -2.24. The van der Waals surface area contributed by atoms with Gasteiger partial charge in [-0.3, -0.25) is 9.59 Å². The van der Waals surface area contributed by atoms with E-state index in [9.17, 15) is 9.59 Å². The molecular formula is C20H17ClN4O2. The fourth-order valence-corrected chi connectivity index (χ4v) is 2.57. The van der Waals surface area contributed by atoms with Gasteiger partial charge in [0.25, 0.3) is 5.91 Å². The Morgan fingerprint density at radius 1 is 0.963 bits per heavy atom. The van der Waals surface area contributed by atoms with Crippen LogP contribution in [0.5, 0.6) is 0 Å². The number of hydrogen-bond donors (Lipinski definition) is 2. The number of nitrogens with zero attached hydrogens (tertiary/aromatic N) is 2. The molecule has 136 valence electrons. The zero-order valence-corrected chi connectivity index (χ0v) is 15.3. The summed E-state index contributed by atoms with van der Waals surface area (Å²) < 4.78 is 0. The van der Waals surface area contributed by atoms with Crippen molar-refractivity contribution in [3.8, 4) is 0 Å². The monoisotopic (exact) mass is 380 g/mol. The lowest BCUT2D eigenvalue weighted by atomic mass is 10.1. The molecule has 2 aromatic carbocycles. The van der Waals surface area contributed by atoms with E-state index in [1.807, 2.05) is 18.2 Å². The third-order valence-corrected chi connectivity index (χ3v) is 4.23. The maximum Gasteiger partial charge on any atom is 0.272 e. The largest absolute Gasteiger partial charge is 0.347 e. The molecule has 0 bridgehead atoms. The minimum atomic E-state index is -0.334. The third-order valence-electron chi connectivity index (χ3n) is 3.86. The number of carbonyl (C=O) groups is 2. The molecule has 3 aromatic rings. The Hall–Kier alpha value is -3.25. The number of carbonyl (C=O) groups excluding carboxylic acids is 2. The van der Waals surface area contributed by atoms with Crippen molar-refractivity contribution in [2.45, 2.75) is 13.5 Å². The summed E-state index contributed by atoms with van der Waals surface area (Å²) in [6.07, 6.45) is 0. The van der Waals surface area contributed by atoms with Crippen molar-refractivity contribution < 1.29 is 9.59 Å². The van der Waals surface area contributed by atoms with E-state index in [1.54, 1.807) is 42.5 Å². The summed E-state index contributed by atoms with van der Waals surface area (Å²) >= 11 is 6.07. The summed E-state index contributed by atoms with van der Waals surface area (Å²) in [6, 6.07) is 17.6. The number of rotatable bonds is 6. The summed E-state index contributed by atoms with van der Waals surface area (Å²) in [6.45, 7) is 1.83. The van der Waals surface area contributed by atoms with Crippen molar-refractivity contribution >= 4 is 34.8 Å². The highest BCUT2D eigenvalue weighted by molar-refractivity contribution is 6.31. The molecule has 0 saturated carbocycles. The van der Waals surface area contributed by atoms with Crippen LogP contribution >= 0.6 is 11.6 Å². The number of hydrogen-bond acceptors (Lipinski definition) is 5. The number of anilines is 2. The lowest BCUT2D eigenvalue weighted by molar-refractivity contribution is 0.0944. The number of amides is 1. The molecule has 6 nitrogen and oxygen atoms in total. The molecule has 0 aliphatic heterocycles. The average molecular weight is 381 g/mol.